The van der Waals surface area contributed by atoms with Gasteiger partial charge in [-0.05, 0) is 13.0 Å². The summed E-state index contributed by atoms with van der Waals surface area (Å²) in [5, 5.41) is 2.59. The number of methoxy groups -OCH3 is 1. The van der Waals surface area contributed by atoms with E-state index < -0.39 is 6.43 Å². The Balaban J connectivity index is 2.77. The van der Waals surface area contributed by atoms with Crippen LogP contribution in [0.25, 0.3) is 0 Å². The molecule has 62 valence electrons. The van der Waals surface area contributed by atoms with Crippen molar-refractivity contribution in [2.24, 2.45) is 0 Å². The molecule has 0 amide bonds. The predicted octanol–water partition coefficient (Wildman–Crippen LogP) is 0.878. The van der Waals surface area contributed by atoms with Gasteiger partial charge in [-0.1, -0.05) is 0 Å². The maximum Gasteiger partial charge on any atom is 0.250 e. The van der Waals surface area contributed by atoms with E-state index in [1.807, 2.05) is 0 Å². The lowest BCUT2D eigenvalue weighted by Gasteiger charge is -2.01. The first-order valence-electron chi connectivity index (χ1n) is 3.25. The first-order chi connectivity index (χ1) is 4.77. The molecule has 0 atom stereocenters. The highest BCUT2D eigenvalue weighted by Crippen LogP contribution is 1.87. The number of alkyl halides is 2. The Morgan fingerprint density at radius 2 is 2.20 bits per heavy atom. The second-order valence-corrected chi connectivity index (χ2v) is 1.94. The molecule has 1 N–H and O–H groups in total. The van der Waals surface area contributed by atoms with E-state index in [-0.39, 0.29) is 6.54 Å². The molecular weight excluding hydrogens is 140 g/mol. The quantitative estimate of drug-likeness (QED) is 0.572. The summed E-state index contributed by atoms with van der Waals surface area (Å²) in [4.78, 5) is 0. The van der Waals surface area contributed by atoms with Crippen molar-refractivity contribution in [1.29, 1.82) is 0 Å². The molecule has 0 aliphatic carbocycles. The van der Waals surface area contributed by atoms with Gasteiger partial charge < -0.3 is 10.1 Å². The van der Waals surface area contributed by atoms with E-state index in [1.165, 1.54) is 0 Å². The van der Waals surface area contributed by atoms with E-state index in [9.17, 15) is 8.78 Å². The van der Waals surface area contributed by atoms with Crippen molar-refractivity contribution in [2.45, 2.75) is 12.8 Å². The predicted molar refractivity (Wildman–Crippen MR) is 35.4 cm³/mol. The summed E-state index contributed by atoms with van der Waals surface area (Å²) in [5.74, 6) is 0. The van der Waals surface area contributed by atoms with Crippen molar-refractivity contribution in [2.75, 3.05) is 26.8 Å². The fraction of sp³-hybridized carbons (Fsp3) is 1.00. The molecule has 0 fully saturated rings. The van der Waals surface area contributed by atoms with Crippen molar-refractivity contribution in [1.82, 2.24) is 5.32 Å². The third-order valence-corrected chi connectivity index (χ3v) is 1.00. The van der Waals surface area contributed by atoms with E-state index in [1.54, 1.807) is 7.11 Å². The Hall–Kier alpha value is -0.220. The lowest BCUT2D eigenvalue weighted by molar-refractivity contribution is 0.143. The third kappa shape index (κ3) is 7.78. The molecule has 10 heavy (non-hydrogen) atoms. The number of hydrogen-bond acceptors (Lipinski definition) is 2. The lowest BCUT2D eigenvalue weighted by atomic mass is 10.4. The highest BCUT2D eigenvalue weighted by molar-refractivity contribution is 4.47. The van der Waals surface area contributed by atoms with Gasteiger partial charge in [-0.2, -0.15) is 0 Å². The minimum Gasteiger partial charge on any atom is -0.385 e. The third-order valence-electron chi connectivity index (χ3n) is 1.00. The maximum absolute atomic E-state index is 11.5. The summed E-state index contributed by atoms with van der Waals surface area (Å²) in [6.45, 7) is 0.998. The summed E-state index contributed by atoms with van der Waals surface area (Å²) in [5.41, 5.74) is 0. The molecule has 0 saturated heterocycles. The Morgan fingerprint density at radius 3 is 2.70 bits per heavy atom. The van der Waals surface area contributed by atoms with Crippen LogP contribution in [0.15, 0.2) is 0 Å². The summed E-state index contributed by atoms with van der Waals surface area (Å²) in [7, 11) is 1.59. The zero-order chi connectivity index (χ0) is 7.82. The smallest absolute Gasteiger partial charge is 0.250 e. The summed E-state index contributed by atoms with van der Waals surface area (Å²) in [6.07, 6.45) is -1.47. The van der Waals surface area contributed by atoms with Gasteiger partial charge >= 0.3 is 0 Å². The summed E-state index contributed by atoms with van der Waals surface area (Å²) >= 11 is 0. The van der Waals surface area contributed by atoms with Crippen LogP contribution in [0.4, 0.5) is 8.78 Å². The first kappa shape index (κ1) is 9.78. The minimum absolute atomic E-state index is 0.219. The van der Waals surface area contributed by atoms with Gasteiger partial charge in [0.2, 0.25) is 0 Å². The van der Waals surface area contributed by atoms with Crippen LogP contribution in [0.3, 0.4) is 0 Å². The van der Waals surface area contributed by atoms with Gasteiger partial charge in [-0.3, -0.25) is 0 Å². The van der Waals surface area contributed by atoms with Crippen LogP contribution in [-0.4, -0.2) is 33.2 Å². The van der Waals surface area contributed by atoms with Crippen LogP contribution in [0.2, 0.25) is 0 Å². The van der Waals surface area contributed by atoms with Gasteiger partial charge in [-0.15, -0.1) is 0 Å². The Morgan fingerprint density at radius 1 is 1.50 bits per heavy atom. The molecule has 0 saturated carbocycles. The van der Waals surface area contributed by atoms with Gasteiger partial charge in [-0.25, -0.2) is 8.78 Å². The molecule has 4 heteroatoms. The zero-order valence-electron chi connectivity index (χ0n) is 6.07. The Labute approximate surface area is 59.6 Å². The minimum atomic E-state index is -2.25. The molecule has 0 aromatic carbocycles. The fourth-order valence-electron chi connectivity index (χ4n) is 0.553. The van der Waals surface area contributed by atoms with E-state index >= 15 is 0 Å². The molecule has 0 aromatic heterocycles. The van der Waals surface area contributed by atoms with Gasteiger partial charge in [0.1, 0.15) is 0 Å². The van der Waals surface area contributed by atoms with Crippen molar-refractivity contribution >= 4 is 0 Å². The molecule has 0 heterocycles. The number of rotatable bonds is 6. The molecule has 0 bridgehead atoms. The van der Waals surface area contributed by atoms with Crippen LogP contribution < -0.4 is 5.32 Å². The van der Waals surface area contributed by atoms with Gasteiger partial charge in [0, 0.05) is 13.7 Å². The number of nitrogens with one attached hydrogen (secondary N) is 1. The summed E-state index contributed by atoms with van der Waals surface area (Å²) in [6, 6.07) is 0. The van der Waals surface area contributed by atoms with Crippen molar-refractivity contribution in [3.63, 3.8) is 0 Å². The fourth-order valence-corrected chi connectivity index (χ4v) is 0.553. The average Bonchev–Trinajstić information content (AvgIpc) is 1.87. The normalized spacial score (nSPS) is 10.8. The molecule has 0 aromatic rings. The monoisotopic (exact) mass is 153 g/mol. The van der Waals surface area contributed by atoms with Crippen molar-refractivity contribution in [3.8, 4) is 0 Å². The van der Waals surface area contributed by atoms with E-state index in [4.69, 9.17) is 4.74 Å². The molecule has 0 spiro atoms. The SMILES string of the molecule is COCCCNCC(F)F. The standard InChI is InChI=1S/C6H13F2NO/c1-10-4-2-3-9-5-6(7)8/h6,9H,2-5H2,1H3. The molecule has 2 nitrogen and oxygen atoms in total. The van der Waals surface area contributed by atoms with E-state index in [2.05, 4.69) is 5.32 Å². The van der Waals surface area contributed by atoms with Gasteiger partial charge in [0.15, 0.2) is 0 Å². The second kappa shape index (κ2) is 6.89. The summed E-state index contributed by atoms with van der Waals surface area (Å²) < 4.78 is 27.6. The molecule has 0 unspecified atom stereocenters. The van der Waals surface area contributed by atoms with Gasteiger partial charge in [0.05, 0.1) is 6.54 Å². The largest absolute Gasteiger partial charge is 0.385 e. The molecule has 0 radical (unpaired) electrons. The van der Waals surface area contributed by atoms with Crippen LogP contribution >= 0.6 is 0 Å². The van der Waals surface area contributed by atoms with Crippen LogP contribution in [0.1, 0.15) is 6.42 Å². The van der Waals surface area contributed by atoms with Gasteiger partial charge in [0.25, 0.3) is 6.43 Å². The number of hydrogen-bond donors (Lipinski definition) is 1. The average molecular weight is 153 g/mol. The number of halogens is 2. The highest BCUT2D eigenvalue weighted by Gasteiger charge is 1.98. The maximum atomic E-state index is 11.5. The molecule has 0 rings (SSSR count). The Bertz CT molecular complexity index is 70.8. The highest BCUT2D eigenvalue weighted by atomic mass is 19.3. The molecular formula is C6H13F2NO. The van der Waals surface area contributed by atoms with Crippen LogP contribution in [0, 0.1) is 0 Å². The molecule has 0 aliphatic rings. The van der Waals surface area contributed by atoms with Crippen molar-refractivity contribution in [3.05, 3.63) is 0 Å². The van der Waals surface area contributed by atoms with E-state index in [0.29, 0.717) is 13.2 Å². The second-order valence-electron chi connectivity index (χ2n) is 1.94. The Kier molecular flexibility index (Phi) is 6.74. The lowest BCUT2D eigenvalue weighted by Crippen LogP contribution is -2.22. The first-order valence-corrected chi connectivity index (χ1v) is 3.25. The topological polar surface area (TPSA) is 21.3 Å². The molecule has 0 aliphatic heterocycles. The number of ether oxygens (including phenoxy) is 1. The van der Waals surface area contributed by atoms with Crippen LogP contribution in [0.5, 0.6) is 0 Å². The van der Waals surface area contributed by atoms with Crippen molar-refractivity contribution < 1.29 is 13.5 Å². The van der Waals surface area contributed by atoms with E-state index in [0.717, 1.165) is 6.42 Å². The van der Waals surface area contributed by atoms with Crippen LogP contribution in [-0.2, 0) is 4.74 Å². The zero-order valence-corrected chi connectivity index (χ0v) is 6.07.